The summed E-state index contributed by atoms with van der Waals surface area (Å²) in [6, 6.07) is 1.53. The molecule has 1 aliphatic heterocycles. The van der Waals surface area contributed by atoms with E-state index in [1.54, 1.807) is 0 Å². The first-order chi connectivity index (χ1) is 7.20. The predicted molar refractivity (Wildman–Crippen MR) is 54.5 cm³/mol. The van der Waals surface area contributed by atoms with E-state index in [4.69, 9.17) is 5.26 Å². The summed E-state index contributed by atoms with van der Waals surface area (Å²) in [7, 11) is 0. The Balaban J connectivity index is 2.35. The van der Waals surface area contributed by atoms with Crippen LogP contribution in [-0.4, -0.2) is 16.6 Å². The van der Waals surface area contributed by atoms with E-state index in [0.29, 0.717) is 6.32 Å². The average Bonchev–Trinajstić information content (AvgIpc) is 2.27. The van der Waals surface area contributed by atoms with E-state index in [-0.39, 0.29) is 12.4 Å². The molecule has 0 radical (unpaired) electrons. The lowest BCUT2D eigenvalue weighted by Gasteiger charge is -2.15. The minimum Gasteiger partial charge on any atom is -0.258 e. The molecule has 5 nitrogen and oxygen atoms in total. The fraction of sp³-hybridized carbons (Fsp3) is 0.333. The summed E-state index contributed by atoms with van der Waals surface area (Å²) in [4.78, 5) is 14.1. The highest BCUT2D eigenvalue weighted by Crippen LogP contribution is 2.22. The molecule has 1 aromatic heterocycles. The molecule has 0 aliphatic carbocycles. The minimum atomic E-state index is -0.455. The van der Waals surface area contributed by atoms with Gasteiger partial charge in [-0.1, -0.05) is 6.32 Å². The van der Waals surface area contributed by atoms with Crippen LogP contribution in [-0.2, 0) is 12.7 Å². The molecule has 0 aromatic carbocycles. The molecule has 0 atom stereocenters. The van der Waals surface area contributed by atoms with Crippen molar-refractivity contribution in [3.05, 3.63) is 33.6 Å². The van der Waals surface area contributed by atoms with Gasteiger partial charge in [-0.05, 0) is 18.3 Å². The van der Waals surface area contributed by atoms with E-state index >= 15 is 0 Å². The Bertz CT molecular complexity index is 455. The number of hydrogen-bond donors (Lipinski definition) is 0. The SMILES string of the molecule is N#CB1CCc2ncc([N+](=O)[O-])cc2C1. The molecular formula is C9H8BN3O2. The van der Waals surface area contributed by atoms with E-state index in [0.717, 1.165) is 24.0 Å². The second-order valence-corrected chi connectivity index (χ2v) is 3.63. The maximum Gasteiger partial charge on any atom is 0.287 e. The third-order valence-electron chi connectivity index (χ3n) is 2.63. The number of hydrogen-bond acceptors (Lipinski definition) is 4. The van der Waals surface area contributed by atoms with Gasteiger partial charge in [-0.25, -0.2) is 5.26 Å². The molecule has 0 N–H and O–H groups in total. The van der Waals surface area contributed by atoms with E-state index in [1.807, 2.05) is 0 Å². The van der Waals surface area contributed by atoms with Gasteiger partial charge in [-0.3, -0.25) is 15.1 Å². The molecule has 0 saturated heterocycles. The van der Waals surface area contributed by atoms with Crippen LogP contribution in [0.25, 0.3) is 0 Å². The molecular weight excluding hydrogens is 193 g/mol. The fourth-order valence-electron chi connectivity index (χ4n) is 1.82. The van der Waals surface area contributed by atoms with Gasteiger partial charge in [0.1, 0.15) is 6.20 Å². The molecule has 1 aliphatic rings. The van der Waals surface area contributed by atoms with Gasteiger partial charge in [0.25, 0.3) is 12.4 Å². The minimum absolute atomic E-state index is 0.00680. The van der Waals surface area contributed by atoms with Crippen LogP contribution in [0.1, 0.15) is 11.3 Å². The second-order valence-electron chi connectivity index (χ2n) is 3.63. The summed E-state index contributed by atoms with van der Waals surface area (Å²) in [6.07, 6.45) is 3.41. The highest BCUT2D eigenvalue weighted by Gasteiger charge is 2.24. The van der Waals surface area contributed by atoms with Crippen LogP contribution in [0.2, 0.25) is 6.32 Å². The number of aromatic nitrogens is 1. The van der Waals surface area contributed by atoms with E-state index in [1.165, 1.54) is 12.3 Å². The number of pyridine rings is 1. The first-order valence-electron chi connectivity index (χ1n) is 4.72. The molecule has 74 valence electrons. The Hall–Kier alpha value is -1.90. The largest absolute Gasteiger partial charge is 0.287 e. The molecule has 6 heteroatoms. The summed E-state index contributed by atoms with van der Waals surface area (Å²) >= 11 is 0. The summed E-state index contributed by atoms with van der Waals surface area (Å²) in [5, 5.41) is 19.3. The zero-order valence-electron chi connectivity index (χ0n) is 8.01. The molecule has 0 spiro atoms. The summed E-state index contributed by atoms with van der Waals surface area (Å²) in [5.74, 6) is 2.20. The molecule has 2 rings (SSSR count). The van der Waals surface area contributed by atoms with Crippen LogP contribution in [0.5, 0.6) is 0 Å². The molecule has 0 unspecified atom stereocenters. The Morgan fingerprint density at radius 1 is 1.67 bits per heavy atom. The number of nitriles is 1. The topological polar surface area (TPSA) is 79.8 Å². The lowest BCUT2D eigenvalue weighted by molar-refractivity contribution is -0.385. The van der Waals surface area contributed by atoms with Crippen molar-refractivity contribution in [3.63, 3.8) is 0 Å². The first-order valence-corrected chi connectivity index (χ1v) is 4.72. The number of nitrogens with zero attached hydrogens (tertiary/aromatic N) is 3. The van der Waals surface area contributed by atoms with Gasteiger partial charge in [0.05, 0.1) is 4.92 Å². The van der Waals surface area contributed by atoms with Gasteiger partial charge < -0.3 is 0 Å². The number of nitro groups is 1. The lowest BCUT2D eigenvalue weighted by Crippen LogP contribution is -2.22. The van der Waals surface area contributed by atoms with E-state index in [2.05, 4.69) is 11.0 Å². The van der Waals surface area contributed by atoms with Crippen molar-refractivity contribution in [3.8, 4) is 5.97 Å². The molecule has 2 heterocycles. The number of aryl methyl sites for hydroxylation is 1. The number of fused-ring (bicyclic) bond motifs is 1. The van der Waals surface area contributed by atoms with Gasteiger partial charge >= 0.3 is 0 Å². The monoisotopic (exact) mass is 201 g/mol. The van der Waals surface area contributed by atoms with Crippen molar-refractivity contribution in [1.82, 2.24) is 4.98 Å². The number of rotatable bonds is 1. The van der Waals surface area contributed by atoms with Crippen LogP contribution in [0, 0.1) is 21.3 Å². The zero-order chi connectivity index (χ0) is 10.8. The van der Waals surface area contributed by atoms with Crippen LogP contribution in [0.15, 0.2) is 12.3 Å². The van der Waals surface area contributed by atoms with Crippen LogP contribution in [0.4, 0.5) is 5.69 Å². The standard InChI is InChI=1S/C9H8BN3O2/c11-6-10-2-1-9-7(4-10)3-8(5-12-9)13(14)15/h3,5H,1-2,4H2. The van der Waals surface area contributed by atoms with Crippen LogP contribution in [0.3, 0.4) is 0 Å². The Morgan fingerprint density at radius 3 is 3.13 bits per heavy atom. The van der Waals surface area contributed by atoms with Crippen LogP contribution >= 0.6 is 0 Å². The van der Waals surface area contributed by atoms with Gasteiger partial charge in [-0.15, -0.1) is 0 Å². The van der Waals surface area contributed by atoms with Crippen molar-refractivity contribution >= 4 is 12.4 Å². The maximum absolute atomic E-state index is 10.5. The van der Waals surface area contributed by atoms with E-state index in [9.17, 15) is 10.1 Å². The summed E-state index contributed by atoms with van der Waals surface area (Å²) in [5.41, 5.74) is 1.75. The maximum atomic E-state index is 10.5. The van der Waals surface area contributed by atoms with Crippen molar-refractivity contribution in [2.24, 2.45) is 0 Å². The van der Waals surface area contributed by atoms with Gasteiger partial charge in [-0.2, -0.15) is 0 Å². The highest BCUT2D eigenvalue weighted by molar-refractivity contribution is 6.66. The predicted octanol–water partition coefficient (Wildman–Crippen LogP) is 1.19. The van der Waals surface area contributed by atoms with Crippen molar-refractivity contribution in [2.45, 2.75) is 19.1 Å². The average molecular weight is 201 g/mol. The summed E-state index contributed by atoms with van der Waals surface area (Å²) in [6.45, 7) is -0.0266. The molecule has 0 amide bonds. The smallest absolute Gasteiger partial charge is 0.258 e. The van der Waals surface area contributed by atoms with Crippen molar-refractivity contribution in [1.29, 1.82) is 5.26 Å². The lowest BCUT2D eigenvalue weighted by atomic mass is 9.42. The zero-order valence-corrected chi connectivity index (χ0v) is 8.01. The molecule has 0 fully saturated rings. The molecule has 1 aromatic rings. The third kappa shape index (κ3) is 1.81. The van der Waals surface area contributed by atoms with Gasteiger partial charge in [0, 0.05) is 17.7 Å². The van der Waals surface area contributed by atoms with Gasteiger partial charge in [0.2, 0.25) is 0 Å². The highest BCUT2D eigenvalue weighted by atomic mass is 16.6. The fourth-order valence-corrected chi connectivity index (χ4v) is 1.82. The normalized spacial score (nSPS) is 14.2. The third-order valence-corrected chi connectivity index (χ3v) is 2.63. The van der Waals surface area contributed by atoms with E-state index < -0.39 is 4.92 Å². The quantitative estimate of drug-likeness (QED) is 0.388. The molecule has 0 bridgehead atoms. The van der Waals surface area contributed by atoms with Gasteiger partial charge in [0.15, 0.2) is 0 Å². The van der Waals surface area contributed by atoms with Crippen LogP contribution < -0.4 is 0 Å². The summed E-state index contributed by atoms with van der Waals surface area (Å²) < 4.78 is 0. The Labute approximate surface area is 87.0 Å². The van der Waals surface area contributed by atoms with Crippen molar-refractivity contribution < 1.29 is 4.92 Å². The first kappa shape index (κ1) is 9.65. The Morgan fingerprint density at radius 2 is 2.47 bits per heavy atom. The molecule has 0 saturated carbocycles. The Kier molecular flexibility index (Phi) is 2.38. The second kappa shape index (κ2) is 3.69. The van der Waals surface area contributed by atoms with Crippen molar-refractivity contribution in [2.75, 3.05) is 0 Å². The molecule has 15 heavy (non-hydrogen) atoms.